The standard InChI is InChI=1S/C26H28N2O2/c29-26(30)24-10-5-9-23-19(16-27-25(23)24)7-3-4-14-28-15-13-22-20(17-28)12-11-18-6-1-2-8-21(18)22/h1-2,5-6,8-10,16,27H,3-4,7,11-15,17H2,(H,29,30). The minimum absolute atomic E-state index is 0.352. The summed E-state index contributed by atoms with van der Waals surface area (Å²) in [4.78, 5) is 17.2. The fourth-order valence-electron chi connectivity index (χ4n) is 5.20. The molecule has 0 radical (unpaired) electrons. The zero-order valence-corrected chi connectivity index (χ0v) is 17.3. The first-order chi connectivity index (χ1) is 14.7. The summed E-state index contributed by atoms with van der Waals surface area (Å²) in [5, 5.41) is 10.4. The van der Waals surface area contributed by atoms with Crippen molar-refractivity contribution in [1.29, 1.82) is 0 Å². The van der Waals surface area contributed by atoms with Gasteiger partial charge in [0.15, 0.2) is 0 Å². The second-order valence-corrected chi connectivity index (χ2v) is 8.57. The van der Waals surface area contributed by atoms with Gasteiger partial charge in [0.25, 0.3) is 0 Å². The first-order valence-electron chi connectivity index (χ1n) is 11.0. The van der Waals surface area contributed by atoms with Crippen LogP contribution in [0.5, 0.6) is 0 Å². The predicted octanol–water partition coefficient (Wildman–Crippen LogP) is 5.29. The molecule has 4 nitrogen and oxygen atoms in total. The molecule has 0 bridgehead atoms. The second kappa shape index (κ2) is 8.11. The van der Waals surface area contributed by atoms with E-state index >= 15 is 0 Å². The first-order valence-corrected chi connectivity index (χ1v) is 11.0. The molecule has 0 amide bonds. The SMILES string of the molecule is O=C(O)c1cccc2c(CCCCN3CCC4=C(CCc5ccccc54)C3)c[nH]c12. The fourth-order valence-corrected chi connectivity index (χ4v) is 5.20. The Kier molecular flexibility index (Phi) is 5.17. The normalized spacial score (nSPS) is 16.5. The van der Waals surface area contributed by atoms with E-state index in [1.165, 1.54) is 42.4 Å². The summed E-state index contributed by atoms with van der Waals surface area (Å²) in [6.45, 7) is 3.42. The molecule has 1 aromatic heterocycles. The number of benzene rings is 2. The molecule has 4 heteroatoms. The van der Waals surface area contributed by atoms with Crippen molar-refractivity contribution >= 4 is 22.4 Å². The van der Waals surface area contributed by atoms with E-state index in [9.17, 15) is 9.90 Å². The summed E-state index contributed by atoms with van der Waals surface area (Å²) in [6, 6.07) is 14.4. The fraction of sp³-hybridized carbons (Fsp3) is 0.346. The monoisotopic (exact) mass is 400 g/mol. The van der Waals surface area contributed by atoms with Crippen molar-refractivity contribution in [3.63, 3.8) is 0 Å². The van der Waals surface area contributed by atoms with Crippen molar-refractivity contribution in [1.82, 2.24) is 9.88 Å². The van der Waals surface area contributed by atoms with Gasteiger partial charge in [-0.3, -0.25) is 4.90 Å². The van der Waals surface area contributed by atoms with E-state index in [0.29, 0.717) is 5.56 Å². The van der Waals surface area contributed by atoms with E-state index in [1.54, 1.807) is 17.2 Å². The number of aromatic amines is 1. The lowest BCUT2D eigenvalue weighted by Crippen LogP contribution is -2.33. The number of carboxylic acids is 1. The number of rotatable bonds is 6. The minimum Gasteiger partial charge on any atom is -0.478 e. The first kappa shape index (κ1) is 19.1. The molecule has 1 aliphatic carbocycles. The summed E-state index contributed by atoms with van der Waals surface area (Å²) < 4.78 is 0. The van der Waals surface area contributed by atoms with Crippen LogP contribution >= 0.6 is 0 Å². The summed E-state index contributed by atoms with van der Waals surface area (Å²) in [6.07, 6.45) is 8.82. The zero-order chi connectivity index (χ0) is 20.5. The molecule has 1 aliphatic heterocycles. The zero-order valence-electron chi connectivity index (χ0n) is 17.3. The Hall–Kier alpha value is -2.85. The van der Waals surface area contributed by atoms with Crippen LogP contribution in [0.25, 0.3) is 16.5 Å². The Morgan fingerprint density at radius 3 is 2.83 bits per heavy atom. The van der Waals surface area contributed by atoms with Gasteiger partial charge in [0, 0.05) is 24.7 Å². The Bertz CT molecular complexity index is 1130. The van der Waals surface area contributed by atoms with E-state index < -0.39 is 5.97 Å². The number of carboxylic acid groups (broad SMARTS) is 1. The van der Waals surface area contributed by atoms with E-state index in [1.807, 2.05) is 18.3 Å². The van der Waals surface area contributed by atoms with Crippen LogP contribution in [-0.2, 0) is 12.8 Å². The van der Waals surface area contributed by atoms with Gasteiger partial charge in [-0.2, -0.15) is 0 Å². The number of para-hydroxylation sites is 1. The van der Waals surface area contributed by atoms with Crippen LogP contribution in [0, 0.1) is 0 Å². The number of hydrogen-bond acceptors (Lipinski definition) is 2. The number of nitrogens with one attached hydrogen (secondary N) is 1. The van der Waals surface area contributed by atoms with E-state index in [4.69, 9.17) is 0 Å². The number of aryl methyl sites for hydroxylation is 2. The average Bonchev–Trinajstić information content (AvgIpc) is 3.19. The maximum absolute atomic E-state index is 11.4. The number of aromatic nitrogens is 1. The summed E-state index contributed by atoms with van der Waals surface area (Å²) in [5.41, 5.74) is 8.60. The van der Waals surface area contributed by atoms with Gasteiger partial charge in [0.05, 0.1) is 11.1 Å². The van der Waals surface area contributed by atoms with E-state index in [-0.39, 0.29) is 0 Å². The molecule has 2 aliphatic rings. The molecular weight excluding hydrogens is 372 g/mol. The molecule has 0 saturated carbocycles. The maximum atomic E-state index is 11.4. The van der Waals surface area contributed by atoms with Crippen molar-refractivity contribution in [3.8, 4) is 0 Å². The topological polar surface area (TPSA) is 56.3 Å². The molecule has 5 rings (SSSR count). The van der Waals surface area contributed by atoms with Crippen LogP contribution in [0.3, 0.4) is 0 Å². The number of aromatic carboxylic acids is 1. The smallest absolute Gasteiger partial charge is 0.337 e. The van der Waals surface area contributed by atoms with Crippen molar-refractivity contribution < 1.29 is 9.90 Å². The Morgan fingerprint density at radius 2 is 1.93 bits per heavy atom. The number of unbranched alkanes of at least 4 members (excludes halogenated alkanes) is 1. The summed E-state index contributed by atoms with van der Waals surface area (Å²) in [7, 11) is 0. The molecular formula is C26H28N2O2. The largest absolute Gasteiger partial charge is 0.478 e. The predicted molar refractivity (Wildman–Crippen MR) is 121 cm³/mol. The highest BCUT2D eigenvalue weighted by atomic mass is 16.4. The maximum Gasteiger partial charge on any atom is 0.337 e. The number of carbonyl (C=O) groups is 1. The average molecular weight is 401 g/mol. The van der Waals surface area contributed by atoms with Crippen LogP contribution in [-0.4, -0.2) is 40.6 Å². The van der Waals surface area contributed by atoms with Crippen molar-refractivity contribution in [2.24, 2.45) is 0 Å². The van der Waals surface area contributed by atoms with Gasteiger partial charge in [-0.15, -0.1) is 0 Å². The van der Waals surface area contributed by atoms with Gasteiger partial charge >= 0.3 is 5.97 Å². The Balaban J connectivity index is 1.17. The number of fused-ring (bicyclic) bond motifs is 3. The summed E-state index contributed by atoms with van der Waals surface area (Å²) in [5.74, 6) is -0.877. The highest BCUT2D eigenvalue weighted by molar-refractivity contribution is 6.02. The van der Waals surface area contributed by atoms with E-state index in [2.05, 4.69) is 34.1 Å². The van der Waals surface area contributed by atoms with Gasteiger partial charge in [0.2, 0.25) is 0 Å². The highest BCUT2D eigenvalue weighted by Crippen LogP contribution is 2.36. The molecule has 2 N–H and O–H groups in total. The van der Waals surface area contributed by atoms with Crippen molar-refractivity contribution in [3.05, 3.63) is 76.5 Å². The Labute approximate surface area is 177 Å². The third-order valence-corrected chi connectivity index (χ3v) is 6.76. The lowest BCUT2D eigenvalue weighted by atomic mass is 9.82. The van der Waals surface area contributed by atoms with Crippen LogP contribution in [0.4, 0.5) is 0 Å². The second-order valence-electron chi connectivity index (χ2n) is 8.57. The van der Waals surface area contributed by atoms with E-state index in [0.717, 1.165) is 43.4 Å². The van der Waals surface area contributed by atoms with Gasteiger partial charge in [-0.05, 0) is 73.4 Å². The molecule has 30 heavy (non-hydrogen) atoms. The molecule has 0 atom stereocenters. The molecule has 154 valence electrons. The van der Waals surface area contributed by atoms with Crippen LogP contribution in [0.2, 0.25) is 0 Å². The van der Waals surface area contributed by atoms with Crippen LogP contribution < -0.4 is 0 Å². The van der Waals surface area contributed by atoms with Crippen molar-refractivity contribution in [2.45, 2.75) is 38.5 Å². The Morgan fingerprint density at radius 1 is 1.03 bits per heavy atom. The molecule has 2 aromatic carbocycles. The van der Waals surface area contributed by atoms with Gasteiger partial charge < -0.3 is 10.1 Å². The minimum atomic E-state index is -0.877. The number of nitrogens with zero attached hydrogens (tertiary/aromatic N) is 1. The van der Waals surface area contributed by atoms with Crippen LogP contribution in [0.1, 0.15) is 52.7 Å². The number of H-pyrrole nitrogens is 1. The third-order valence-electron chi connectivity index (χ3n) is 6.76. The van der Waals surface area contributed by atoms with Gasteiger partial charge in [0.1, 0.15) is 0 Å². The number of hydrogen-bond donors (Lipinski definition) is 2. The summed E-state index contributed by atoms with van der Waals surface area (Å²) >= 11 is 0. The molecule has 0 saturated heterocycles. The highest BCUT2D eigenvalue weighted by Gasteiger charge is 2.24. The molecule has 0 unspecified atom stereocenters. The quantitative estimate of drug-likeness (QED) is 0.553. The lowest BCUT2D eigenvalue weighted by molar-refractivity contribution is 0.0699. The molecule has 0 fully saturated rings. The van der Waals surface area contributed by atoms with Gasteiger partial charge in [-0.25, -0.2) is 4.79 Å². The lowest BCUT2D eigenvalue weighted by Gasteiger charge is -2.34. The van der Waals surface area contributed by atoms with Crippen molar-refractivity contribution in [2.75, 3.05) is 19.6 Å². The third kappa shape index (κ3) is 3.56. The molecule has 3 aromatic rings. The van der Waals surface area contributed by atoms with Crippen LogP contribution in [0.15, 0.2) is 54.2 Å². The molecule has 0 spiro atoms. The molecule has 2 heterocycles. The van der Waals surface area contributed by atoms with Gasteiger partial charge in [-0.1, -0.05) is 42.0 Å².